The van der Waals surface area contributed by atoms with Crippen LogP contribution in [0.5, 0.6) is 11.5 Å². The van der Waals surface area contributed by atoms with Gasteiger partial charge in [0.05, 0.1) is 13.7 Å². The maximum absolute atomic E-state index is 12.5. The Hall–Kier alpha value is -2.29. The van der Waals surface area contributed by atoms with Crippen molar-refractivity contribution in [3.8, 4) is 11.5 Å². The molecule has 0 N–H and O–H groups in total. The van der Waals surface area contributed by atoms with Gasteiger partial charge in [-0.2, -0.15) is 0 Å². The van der Waals surface area contributed by atoms with Gasteiger partial charge in [0.25, 0.3) is 0 Å². The van der Waals surface area contributed by atoms with Crippen molar-refractivity contribution in [3.05, 3.63) is 59.2 Å². The van der Waals surface area contributed by atoms with Crippen LogP contribution < -0.4 is 9.47 Å². The number of methoxy groups -OCH3 is 1. The molecule has 2 aromatic carbocycles. The van der Waals surface area contributed by atoms with Crippen molar-refractivity contribution in [1.29, 1.82) is 0 Å². The molecule has 0 heterocycles. The van der Waals surface area contributed by atoms with Gasteiger partial charge >= 0.3 is 0 Å². The summed E-state index contributed by atoms with van der Waals surface area (Å²) < 4.78 is 10.7. The zero-order valence-electron chi connectivity index (χ0n) is 12.7. The van der Waals surface area contributed by atoms with Crippen molar-refractivity contribution in [2.45, 2.75) is 20.3 Å². The molecule has 3 heteroatoms. The van der Waals surface area contributed by atoms with Crippen molar-refractivity contribution < 1.29 is 14.3 Å². The number of hydrogen-bond acceptors (Lipinski definition) is 3. The van der Waals surface area contributed by atoms with Crippen molar-refractivity contribution >= 4 is 5.78 Å². The van der Waals surface area contributed by atoms with Crippen molar-refractivity contribution in [2.75, 3.05) is 13.7 Å². The maximum atomic E-state index is 12.5. The van der Waals surface area contributed by atoms with Crippen LogP contribution in [0.25, 0.3) is 0 Å². The Balaban J connectivity index is 2.19. The van der Waals surface area contributed by atoms with E-state index in [2.05, 4.69) is 6.92 Å². The van der Waals surface area contributed by atoms with E-state index in [4.69, 9.17) is 9.47 Å². The van der Waals surface area contributed by atoms with Gasteiger partial charge in [-0.15, -0.1) is 0 Å². The van der Waals surface area contributed by atoms with Crippen LogP contribution >= 0.6 is 0 Å². The van der Waals surface area contributed by atoms with Gasteiger partial charge in [0, 0.05) is 11.1 Å². The number of ether oxygens (including phenoxy) is 2. The van der Waals surface area contributed by atoms with Crippen molar-refractivity contribution in [3.63, 3.8) is 0 Å². The van der Waals surface area contributed by atoms with Crippen molar-refractivity contribution in [1.82, 2.24) is 0 Å². The molecule has 0 aliphatic carbocycles. The molecular formula is C18H20O3. The number of hydrogen-bond donors (Lipinski definition) is 0. The molecule has 0 saturated heterocycles. The lowest BCUT2D eigenvalue weighted by atomic mass is 9.99. The first-order valence-corrected chi connectivity index (χ1v) is 7.08. The highest BCUT2D eigenvalue weighted by molar-refractivity contribution is 6.10. The Bertz CT molecular complexity index is 615. The van der Waals surface area contributed by atoms with Gasteiger partial charge in [0.15, 0.2) is 5.78 Å². The molecule has 0 aromatic heterocycles. The lowest BCUT2D eigenvalue weighted by Gasteiger charge is -2.08. The highest BCUT2D eigenvalue weighted by Gasteiger charge is 2.12. The molecule has 21 heavy (non-hydrogen) atoms. The van der Waals surface area contributed by atoms with E-state index in [-0.39, 0.29) is 5.78 Å². The molecule has 0 radical (unpaired) electrons. The minimum Gasteiger partial charge on any atom is -0.497 e. The fourth-order valence-electron chi connectivity index (χ4n) is 2.10. The average molecular weight is 284 g/mol. The molecule has 0 unspecified atom stereocenters. The van der Waals surface area contributed by atoms with E-state index < -0.39 is 0 Å². The number of ketones is 1. The molecule has 0 bridgehead atoms. The summed E-state index contributed by atoms with van der Waals surface area (Å²) in [6.07, 6.45) is 0.964. The molecule has 110 valence electrons. The fraction of sp³-hybridized carbons (Fsp3) is 0.278. The molecule has 2 aromatic rings. The van der Waals surface area contributed by atoms with E-state index in [1.165, 1.54) is 0 Å². The van der Waals surface area contributed by atoms with Crippen LogP contribution in [0, 0.1) is 6.92 Å². The predicted molar refractivity (Wildman–Crippen MR) is 83.4 cm³/mol. The fourth-order valence-corrected chi connectivity index (χ4v) is 2.10. The number of carbonyl (C=O) groups is 1. The summed E-state index contributed by atoms with van der Waals surface area (Å²) in [5.74, 6) is 1.56. The van der Waals surface area contributed by atoms with E-state index in [1.807, 2.05) is 25.1 Å². The maximum Gasteiger partial charge on any atom is 0.193 e. The zero-order chi connectivity index (χ0) is 15.2. The lowest BCUT2D eigenvalue weighted by Crippen LogP contribution is -2.04. The van der Waals surface area contributed by atoms with E-state index in [9.17, 15) is 4.79 Å². The van der Waals surface area contributed by atoms with E-state index in [1.54, 1.807) is 31.4 Å². The predicted octanol–water partition coefficient (Wildman–Crippen LogP) is 4.02. The highest BCUT2D eigenvalue weighted by atomic mass is 16.5. The summed E-state index contributed by atoms with van der Waals surface area (Å²) in [6.45, 7) is 4.66. The second-order valence-corrected chi connectivity index (χ2v) is 4.88. The SMILES string of the molecule is CCCOc1ccc(C(=O)c2ccc(OC)cc2C)cc1. The summed E-state index contributed by atoms with van der Waals surface area (Å²) in [7, 11) is 1.62. The molecule has 3 nitrogen and oxygen atoms in total. The molecule has 0 atom stereocenters. The monoisotopic (exact) mass is 284 g/mol. The number of benzene rings is 2. The Morgan fingerprint density at radius 1 is 1.05 bits per heavy atom. The smallest absolute Gasteiger partial charge is 0.193 e. The molecular weight excluding hydrogens is 264 g/mol. The Kier molecular flexibility index (Phi) is 4.99. The summed E-state index contributed by atoms with van der Waals surface area (Å²) >= 11 is 0. The standard InChI is InChI=1S/C18H20O3/c1-4-11-21-15-7-5-14(6-8-15)18(19)17-10-9-16(20-3)12-13(17)2/h5-10,12H,4,11H2,1-3H3. The Morgan fingerprint density at radius 3 is 2.29 bits per heavy atom. The van der Waals surface area contributed by atoms with Crippen LogP contribution in [0.15, 0.2) is 42.5 Å². The topological polar surface area (TPSA) is 35.5 Å². The third kappa shape index (κ3) is 3.63. The van der Waals surface area contributed by atoms with Gasteiger partial charge < -0.3 is 9.47 Å². The Labute approximate surface area is 125 Å². The Morgan fingerprint density at radius 2 is 1.71 bits per heavy atom. The molecule has 0 fully saturated rings. The van der Waals surface area contributed by atoms with Gasteiger partial charge in [-0.05, 0) is 61.4 Å². The zero-order valence-corrected chi connectivity index (χ0v) is 12.7. The first kappa shape index (κ1) is 15.1. The summed E-state index contributed by atoms with van der Waals surface area (Å²) in [5.41, 5.74) is 2.26. The van der Waals surface area contributed by atoms with E-state index in [0.29, 0.717) is 17.7 Å². The van der Waals surface area contributed by atoms with E-state index in [0.717, 1.165) is 23.5 Å². The molecule has 0 spiro atoms. The van der Waals surface area contributed by atoms with Gasteiger partial charge in [-0.25, -0.2) is 0 Å². The van der Waals surface area contributed by atoms with Crippen LogP contribution in [-0.2, 0) is 0 Å². The number of rotatable bonds is 6. The average Bonchev–Trinajstić information content (AvgIpc) is 2.52. The van der Waals surface area contributed by atoms with Crippen molar-refractivity contribution in [2.24, 2.45) is 0 Å². The van der Waals surface area contributed by atoms with Crippen LogP contribution in [0.3, 0.4) is 0 Å². The second kappa shape index (κ2) is 6.93. The number of carbonyl (C=O) groups excluding carboxylic acids is 1. The largest absolute Gasteiger partial charge is 0.497 e. The summed E-state index contributed by atoms with van der Waals surface area (Å²) in [5, 5.41) is 0. The van der Waals surface area contributed by atoms with Crippen LogP contribution in [0.4, 0.5) is 0 Å². The molecule has 0 saturated carbocycles. The minimum absolute atomic E-state index is 0.0113. The molecule has 0 amide bonds. The number of aryl methyl sites for hydroxylation is 1. The normalized spacial score (nSPS) is 10.2. The lowest BCUT2D eigenvalue weighted by molar-refractivity contribution is 0.103. The molecule has 0 aliphatic rings. The minimum atomic E-state index is 0.0113. The summed E-state index contributed by atoms with van der Waals surface area (Å²) in [4.78, 5) is 12.5. The molecule has 2 rings (SSSR count). The van der Waals surface area contributed by atoms with Gasteiger partial charge in [-0.3, -0.25) is 4.79 Å². The van der Waals surface area contributed by atoms with E-state index >= 15 is 0 Å². The highest BCUT2D eigenvalue weighted by Crippen LogP contribution is 2.21. The first-order chi connectivity index (χ1) is 10.2. The van der Waals surface area contributed by atoms with Crippen LogP contribution in [-0.4, -0.2) is 19.5 Å². The third-order valence-electron chi connectivity index (χ3n) is 3.27. The summed E-state index contributed by atoms with van der Waals surface area (Å²) in [6, 6.07) is 12.8. The van der Waals surface area contributed by atoms with Gasteiger partial charge in [0.1, 0.15) is 11.5 Å². The van der Waals surface area contributed by atoms with Crippen LogP contribution in [0.2, 0.25) is 0 Å². The van der Waals surface area contributed by atoms with Crippen LogP contribution in [0.1, 0.15) is 34.8 Å². The first-order valence-electron chi connectivity index (χ1n) is 7.08. The molecule has 0 aliphatic heterocycles. The third-order valence-corrected chi connectivity index (χ3v) is 3.27. The van der Waals surface area contributed by atoms with Gasteiger partial charge in [0.2, 0.25) is 0 Å². The van der Waals surface area contributed by atoms with Gasteiger partial charge in [-0.1, -0.05) is 6.92 Å². The quantitative estimate of drug-likeness (QED) is 0.751. The second-order valence-electron chi connectivity index (χ2n) is 4.88.